The molecular weight excluding hydrogens is 304 g/mol. The van der Waals surface area contributed by atoms with E-state index in [0.717, 1.165) is 32.1 Å². The molecule has 2 atom stereocenters. The van der Waals surface area contributed by atoms with Gasteiger partial charge < -0.3 is 15.3 Å². The maximum absolute atomic E-state index is 11.7. The van der Waals surface area contributed by atoms with Crippen molar-refractivity contribution in [3.05, 3.63) is 34.4 Å². The first kappa shape index (κ1) is 18.4. The molecule has 2 rings (SSSR count). The van der Waals surface area contributed by atoms with Crippen LogP contribution in [0.4, 0.5) is 0 Å². The molecule has 2 unspecified atom stereocenters. The van der Waals surface area contributed by atoms with Gasteiger partial charge in [0, 0.05) is 11.5 Å². The maximum atomic E-state index is 11.7. The molecule has 0 fully saturated rings. The summed E-state index contributed by atoms with van der Waals surface area (Å²) in [4.78, 5) is 11.7. The number of allylic oxidation sites excluding steroid dienone is 2. The van der Waals surface area contributed by atoms with Crippen molar-refractivity contribution in [3.63, 3.8) is 0 Å². The van der Waals surface area contributed by atoms with Crippen LogP contribution in [0, 0.1) is 5.92 Å². The summed E-state index contributed by atoms with van der Waals surface area (Å²) in [6.07, 6.45) is 7.42. The van der Waals surface area contributed by atoms with E-state index in [0.29, 0.717) is 17.5 Å². The van der Waals surface area contributed by atoms with Crippen molar-refractivity contribution in [2.75, 3.05) is 0 Å². The van der Waals surface area contributed by atoms with Crippen molar-refractivity contribution < 1.29 is 20.1 Å². The van der Waals surface area contributed by atoms with Crippen LogP contribution < -0.4 is 0 Å². The number of hydrogen-bond donors (Lipinski definition) is 3. The summed E-state index contributed by atoms with van der Waals surface area (Å²) in [6.45, 7) is 6.18. The molecular formula is C20H28O4. The monoisotopic (exact) mass is 332 g/mol. The van der Waals surface area contributed by atoms with Crippen LogP contribution in [0.5, 0.6) is 11.5 Å². The number of rotatable bonds is 6. The van der Waals surface area contributed by atoms with Crippen LogP contribution in [0.1, 0.15) is 80.3 Å². The molecule has 0 spiro atoms. The van der Waals surface area contributed by atoms with E-state index < -0.39 is 5.97 Å². The number of carboxylic acid groups (broad SMARTS) is 1. The predicted octanol–water partition coefficient (Wildman–Crippen LogP) is 4.99. The topological polar surface area (TPSA) is 77.8 Å². The molecule has 132 valence electrons. The normalized spacial score (nSPS) is 20.7. The average molecular weight is 332 g/mol. The van der Waals surface area contributed by atoms with E-state index in [9.17, 15) is 20.1 Å². The highest BCUT2D eigenvalue weighted by Gasteiger charge is 2.30. The van der Waals surface area contributed by atoms with Gasteiger partial charge in [-0.05, 0) is 50.2 Å². The molecule has 0 aromatic heterocycles. The Bertz CT molecular complexity index is 646. The van der Waals surface area contributed by atoms with Crippen LogP contribution >= 0.6 is 0 Å². The third kappa shape index (κ3) is 3.74. The number of aromatic carboxylic acids is 1. The second-order valence-electron chi connectivity index (χ2n) is 7.01. The molecule has 0 heterocycles. The third-order valence-electron chi connectivity index (χ3n) is 5.07. The Hall–Kier alpha value is -1.97. The Morgan fingerprint density at radius 3 is 2.62 bits per heavy atom. The van der Waals surface area contributed by atoms with E-state index in [1.165, 1.54) is 5.57 Å². The van der Waals surface area contributed by atoms with Crippen LogP contribution in [0.3, 0.4) is 0 Å². The summed E-state index contributed by atoms with van der Waals surface area (Å²) < 4.78 is 0. The van der Waals surface area contributed by atoms with Gasteiger partial charge in [-0.15, -0.1) is 0 Å². The number of aromatic hydroxyl groups is 2. The van der Waals surface area contributed by atoms with Gasteiger partial charge >= 0.3 is 5.97 Å². The summed E-state index contributed by atoms with van der Waals surface area (Å²) >= 11 is 0. The largest absolute Gasteiger partial charge is 0.507 e. The Morgan fingerprint density at radius 1 is 1.29 bits per heavy atom. The number of phenolic OH excluding ortho intramolecular Hbond substituents is 1. The van der Waals surface area contributed by atoms with E-state index in [1.807, 2.05) is 13.0 Å². The molecule has 0 saturated heterocycles. The minimum atomic E-state index is -1.13. The SMILES string of the molecule is CCCCCc1cc(O)c(C2C=C(C)CCC2C)c(O)c1C(=O)O. The van der Waals surface area contributed by atoms with Crippen molar-refractivity contribution in [2.45, 2.75) is 65.2 Å². The first-order valence-corrected chi connectivity index (χ1v) is 8.85. The van der Waals surface area contributed by atoms with E-state index in [1.54, 1.807) is 6.07 Å². The number of benzene rings is 1. The molecule has 1 aromatic carbocycles. The lowest BCUT2D eigenvalue weighted by molar-refractivity contribution is 0.0692. The molecule has 0 saturated carbocycles. The van der Waals surface area contributed by atoms with Crippen LogP contribution in [0.2, 0.25) is 0 Å². The molecule has 0 amide bonds. The van der Waals surface area contributed by atoms with E-state index in [-0.39, 0.29) is 28.9 Å². The van der Waals surface area contributed by atoms with Gasteiger partial charge in [-0.3, -0.25) is 0 Å². The van der Waals surface area contributed by atoms with Gasteiger partial charge in [-0.2, -0.15) is 0 Å². The molecule has 4 nitrogen and oxygen atoms in total. The maximum Gasteiger partial charge on any atom is 0.339 e. The zero-order chi connectivity index (χ0) is 17.9. The highest BCUT2D eigenvalue weighted by atomic mass is 16.4. The fraction of sp³-hybridized carbons (Fsp3) is 0.550. The van der Waals surface area contributed by atoms with Crippen molar-refractivity contribution in [3.8, 4) is 11.5 Å². The van der Waals surface area contributed by atoms with Gasteiger partial charge in [0.2, 0.25) is 0 Å². The minimum absolute atomic E-state index is 0.00629. The van der Waals surface area contributed by atoms with Crippen molar-refractivity contribution >= 4 is 5.97 Å². The van der Waals surface area contributed by atoms with Gasteiger partial charge in [-0.1, -0.05) is 38.3 Å². The van der Waals surface area contributed by atoms with Crippen LogP contribution in [0.15, 0.2) is 17.7 Å². The first-order chi connectivity index (χ1) is 11.4. The third-order valence-corrected chi connectivity index (χ3v) is 5.07. The first-order valence-electron chi connectivity index (χ1n) is 8.85. The minimum Gasteiger partial charge on any atom is -0.507 e. The van der Waals surface area contributed by atoms with Crippen molar-refractivity contribution in [2.24, 2.45) is 5.92 Å². The summed E-state index contributed by atoms with van der Waals surface area (Å²) in [5.74, 6) is -1.30. The quantitative estimate of drug-likeness (QED) is 0.506. The van der Waals surface area contributed by atoms with E-state index in [4.69, 9.17) is 0 Å². The number of hydrogen-bond acceptors (Lipinski definition) is 3. The lowest BCUT2D eigenvalue weighted by Gasteiger charge is -2.29. The average Bonchev–Trinajstić information content (AvgIpc) is 2.50. The number of aryl methyl sites for hydroxylation is 1. The second kappa shape index (κ2) is 7.73. The van der Waals surface area contributed by atoms with Gasteiger partial charge in [0.15, 0.2) is 0 Å². The molecule has 0 aliphatic heterocycles. The number of carboxylic acids is 1. The molecule has 1 aliphatic rings. The summed E-state index contributed by atoms with van der Waals surface area (Å²) in [6, 6.07) is 1.54. The van der Waals surface area contributed by atoms with Gasteiger partial charge in [0.1, 0.15) is 17.1 Å². The molecule has 24 heavy (non-hydrogen) atoms. The van der Waals surface area contributed by atoms with Crippen LogP contribution in [-0.2, 0) is 6.42 Å². The molecule has 3 N–H and O–H groups in total. The smallest absolute Gasteiger partial charge is 0.339 e. The van der Waals surface area contributed by atoms with Crippen molar-refractivity contribution in [1.29, 1.82) is 0 Å². The highest BCUT2D eigenvalue weighted by molar-refractivity contribution is 5.94. The zero-order valence-corrected chi connectivity index (χ0v) is 14.8. The standard InChI is InChI=1S/C20H28O4/c1-4-5-6-7-14-11-16(21)18(19(22)17(14)20(23)24)15-10-12(2)8-9-13(15)3/h10-11,13,15,21-22H,4-9H2,1-3H3,(H,23,24). The van der Waals surface area contributed by atoms with Gasteiger partial charge in [-0.25, -0.2) is 4.79 Å². The van der Waals surface area contributed by atoms with Crippen LogP contribution in [-0.4, -0.2) is 21.3 Å². The van der Waals surface area contributed by atoms with Crippen molar-refractivity contribution in [1.82, 2.24) is 0 Å². The van der Waals surface area contributed by atoms with Crippen LogP contribution in [0.25, 0.3) is 0 Å². The van der Waals surface area contributed by atoms with E-state index >= 15 is 0 Å². The molecule has 4 heteroatoms. The van der Waals surface area contributed by atoms with E-state index in [2.05, 4.69) is 13.8 Å². The predicted molar refractivity (Wildman–Crippen MR) is 94.9 cm³/mol. The molecule has 1 aromatic rings. The zero-order valence-electron chi connectivity index (χ0n) is 14.8. The number of unbranched alkanes of at least 4 members (excludes halogenated alkanes) is 2. The summed E-state index contributed by atoms with van der Waals surface area (Å²) in [7, 11) is 0. The van der Waals surface area contributed by atoms with Gasteiger partial charge in [0.05, 0.1) is 0 Å². The highest BCUT2D eigenvalue weighted by Crippen LogP contribution is 2.46. The lowest BCUT2D eigenvalue weighted by atomic mass is 9.76. The summed E-state index contributed by atoms with van der Waals surface area (Å²) in [5, 5.41) is 30.8. The fourth-order valence-corrected chi connectivity index (χ4v) is 3.61. The Balaban J connectivity index is 2.52. The molecule has 0 bridgehead atoms. The number of phenols is 2. The Labute approximate surface area is 143 Å². The molecule has 1 aliphatic carbocycles. The Morgan fingerprint density at radius 2 is 2.00 bits per heavy atom. The molecule has 0 radical (unpaired) electrons. The fourth-order valence-electron chi connectivity index (χ4n) is 3.61. The lowest BCUT2D eigenvalue weighted by Crippen LogP contribution is -2.15. The van der Waals surface area contributed by atoms with Gasteiger partial charge in [0.25, 0.3) is 0 Å². The summed E-state index contributed by atoms with van der Waals surface area (Å²) in [5.41, 5.74) is 2.03. The second-order valence-corrected chi connectivity index (χ2v) is 7.01. The number of carbonyl (C=O) groups is 1. The Kier molecular flexibility index (Phi) is 5.92.